The number of anilines is 1. The van der Waals surface area contributed by atoms with Gasteiger partial charge in [0.25, 0.3) is 21.8 Å². The Morgan fingerprint density at radius 1 is 0.812 bits per heavy atom. The Hall–Kier alpha value is -3.43. The highest BCUT2D eigenvalue weighted by atomic mass is 35.5. The van der Waals surface area contributed by atoms with E-state index in [1.54, 1.807) is 30.3 Å². The quantitative estimate of drug-likeness (QED) is 0.434. The van der Waals surface area contributed by atoms with Crippen LogP contribution in [-0.2, 0) is 10.0 Å². The minimum Gasteiger partial charge on any atom is -0.350 e. The molecule has 166 valence electrons. The number of hydrogen-bond donors (Lipinski definition) is 3. The molecule has 32 heavy (non-hydrogen) atoms. The molecule has 3 N–H and O–H groups in total. The van der Waals surface area contributed by atoms with Crippen LogP contribution in [0.15, 0.2) is 77.7 Å². The summed E-state index contributed by atoms with van der Waals surface area (Å²) in [6, 6.07) is 17.1. The molecule has 7 nitrogen and oxygen atoms in total. The van der Waals surface area contributed by atoms with Gasteiger partial charge in [-0.15, -0.1) is 0 Å². The monoisotopic (exact) mass is 475 g/mol. The molecule has 0 heterocycles. The van der Waals surface area contributed by atoms with Crippen molar-refractivity contribution < 1.29 is 22.4 Å². The zero-order chi connectivity index (χ0) is 23.1. The van der Waals surface area contributed by atoms with Gasteiger partial charge in [-0.05, 0) is 54.6 Å². The van der Waals surface area contributed by atoms with Gasteiger partial charge in [-0.25, -0.2) is 12.8 Å². The number of halogens is 2. The minimum atomic E-state index is -4.03. The Morgan fingerprint density at radius 2 is 1.41 bits per heavy atom. The van der Waals surface area contributed by atoms with E-state index in [2.05, 4.69) is 15.4 Å². The molecule has 0 saturated heterocycles. The van der Waals surface area contributed by atoms with E-state index in [-0.39, 0.29) is 40.2 Å². The second kappa shape index (κ2) is 10.3. The second-order valence-electron chi connectivity index (χ2n) is 6.63. The van der Waals surface area contributed by atoms with E-state index in [4.69, 9.17) is 11.6 Å². The maximum Gasteiger partial charge on any atom is 0.261 e. The van der Waals surface area contributed by atoms with Crippen molar-refractivity contribution in [3.8, 4) is 0 Å². The van der Waals surface area contributed by atoms with Crippen LogP contribution in [0.3, 0.4) is 0 Å². The smallest absolute Gasteiger partial charge is 0.261 e. The van der Waals surface area contributed by atoms with Gasteiger partial charge in [0.2, 0.25) is 0 Å². The van der Waals surface area contributed by atoms with Crippen molar-refractivity contribution in [3.05, 3.63) is 94.8 Å². The molecule has 0 unspecified atom stereocenters. The lowest BCUT2D eigenvalue weighted by atomic mass is 10.2. The Balaban J connectivity index is 1.60. The van der Waals surface area contributed by atoms with Crippen molar-refractivity contribution >= 4 is 39.1 Å². The van der Waals surface area contributed by atoms with E-state index >= 15 is 0 Å². The van der Waals surface area contributed by atoms with Crippen LogP contribution in [-0.4, -0.2) is 33.3 Å². The summed E-state index contributed by atoms with van der Waals surface area (Å²) in [5.74, 6) is -1.30. The lowest BCUT2D eigenvalue weighted by Crippen LogP contribution is -2.34. The number of rotatable bonds is 8. The van der Waals surface area contributed by atoms with E-state index in [1.807, 2.05) is 0 Å². The maximum absolute atomic E-state index is 13.1. The first-order valence-electron chi connectivity index (χ1n) is 9.45. The lowest BCUT2D eigenvalue weighted by Gasteiger charge is -2.12. The molecular formula is C22H19ClFN3O4S. The topological polar surface area (TPSA) is 104 Å². The van der Waals surface area contributed by atoms with Crippen molar-refractivity contribution in [2.45, 2.75) is 4.90 Å². The van der Waals surface area contributed by atoms with Crippen LogP contribution in [0.1, 0.15) is 20.7 Å². The molecule has 0 aliphatic heterocycles. The summed E-state index contributed by atoms with van der Waals surface area (Å²) in [5.41, 5.74) is 0.677. The van der Waals surface area contributed by atoms with E-state index in [1.165, 1.54) is 18.2 Å². The van der Waals surface area contributed by atoms with Gasteiger partial charge in [0.05, 0.1) is 15.6 Å². The second-order valence-corrected chi connectivity index (χ2v) is 8.72. The summed E-state index contributed by atoms with van der Waals surface area (Å²) in [6.45, 7) is 0.369. The first-order chi connectivity index (χ1) is 15.3. The zero-order valence-electron chi connectivity index (χ0n) is 16.6. The molecule has 3 aromatic rings. The van der Waals surface area contributed by atoms with Gasteiger partial charge in [-0.3, -0.25) is 14.3 Å². The van der Waals surface area contributed by atoms with E-state index in [9.17, 15) is 22.4 Å². The average molecular weight is 476 g/mol. The number of carbonyl (C=O) groups excluding carboxylic acids is 2. The van der Waals surface area contributed by atoms with Crippen molar-refractivity contribution in [3.63, 3.8) is 0 Å². The highest BCUT2D eigenvalue weighted by molar-refractivity contribution is 7.92. The molecule has 0 fully saturated rings. The third-order valence-corrected chi connectivity index (χ3v) is 6.04. The largest absolute Gasteiger partial charge is 0.350 e. The molecule has 0 aliphatic rings. The summed E-state index contributed by atoms with van der Waals surface area (Å²) in [6.07, 6.45) is 0. The van der Waals surface area contributed by atoms with Gasteiger partial charge in [-0.2, -0.15) is 0 Å². The predicted molar refractivity (Wildman–Crippen MR) is 120 cm³/mol. The summed E-state index contributed by atoms with van der Waals surface area (Å²) in [7, 11) is -4.03. The summed E-state index contributed by atoms with van der Waals surface area (Å²) in [4.78, 5) is 24.2. The molecule has 3 aromatic carbocycles. The van der Waals surface area contributed by atoms with Crippen LogP contribution in [0, 0.1) is 5.82 Å². The Morgan fingerprint density at radius 3 is 2.03 bits per heavy atom. The van der Waals surface area contributed by atoms with Crippen molar-refractivity contribution in [1.82, 2.24) is 10.6 Å². The van der Waals surface area contributed by atoms with Crippen LogP contribution >= 0.6 is 11.6 Å². The fourth-order valence-electron chi connectivity index (χ4n) is 2.71. The fourth-order valence-corrected chi connectivity index (χ4v) is 4.00. The van der Waals surface area contributed by atoms with Gasteiger partial charge in [0, 0.05) is 24.2 Å². The normalized spacial score (nSPS) is 10.9. The third kappa shape index (κ3) is 6.05. The molecule has 0 saturated carbocycles. The maximum atomic E-state index is 13.1. The molecule has 0 atom stereocenters. The van der Waals surface area contributed by atoms with Gasteiger partial charge in [0.15, 0.2) is 0 Å². The van der Waals surface area contributed by atoms with Crippen LogP contribution in [0.4, 0.5) is 10.1 Å². The number of sulfonamides is 1. The molecule has 0 bridgehead atoms. The summed E-state index contributed by atoms with van der Waals surface area (Å²) in [5, 5.41) is 5.41. The number of amides is 2. The fraction of sp³-hybridized carbons (Fsp3) is 0.0909. The van der Waals surface area contributed by atoms with Crippen molar-refractivity contribution in [2.75, 3.05) is 17.8 Å². The first kappa shape index (κ1) is 23.2. The minimum absolute atomic E-state index is 0.000946. The van der Waals surface area contributed by atoms with Crippen LogP contribution in [0.5, 0.6) is 0 Å². The highest BCUT2D eigenvalue weighted by Gasteiger charge is 2.17. The zero-order valence-corrected chi connectivity index (χ0v) is 18.2. The molecule has 0 radical (unpaired) electrons. The van der Waals surface area contributed by atoms with Gasteiger partial charge in [-0.1, -0.05) is 29.8 Å². The molecule has 3 rings (SSSR count). The molecule has 10 heteroatoms. The van der Waals surface area contributed by atoms with E-state index in [0.717, 1.165) is 24.3 Å². The molecule has 0 aromatic heterocycles. The predicted octanol–water partition coefficient (Wildman–Crippen LogP) is 3.44. The number of nitrogens with one attached hydrogen (secondary N) is 3. The SMILES string of the molecule is O=C(NCCNC(=O)c1ccc(Cl)c(NS(=O)(=O)c2ccc(F)cc2)c1)c1ccccc1. The van der Waals surface area contributed by atoms with E-state index < -0.39 is 21.7 Å². The highest BCUT2D eigenvalue weighted by Crippen LogP contribution is 2.26. The van der Waals surface area contributed by atoms with Gasteiger partial charge >= 0.3 is 0 Å². The molecule has 0 spiro atoms. The van der Waals surface area contributed by atoms with Crippen LogP contribution in [0.25, 0.3) is 0 Å². The Labute approximate surface area is 189 Å². The van der Waals surface area contributed by atoms with Gasteiger partial charge < -0.3 is 10.6 Å². The molecule has 0 aliphatic carbocycles. The average Bonchev–Trinajstić information content (AvgIpc) is 2.78. The number of hydrogen-bond acceptors (Lipinski definition) is 4. The molecular weight excluding hydrogens is 457 g/mol. The number of benzene rings is 3. The third-order valence-electron chi connectivity index (χ3n) is 4.33. The van der Waals surface area contributed by atoms with Gasteiger partial charge in [0.1, 0.15) is 5.82 Å². The lowest BCUT2D eigenvalue weighted by molar-refractivity contribution is 0.0927. The Kier molecular flexibility index (Phi) is 7.45. The van der Waals surface area contributed by atoms with Crippen molar-refractivity contribution in [2.24, 2.45) is 0 Å². The molecule has 2 amide bonds. The van der Waals surface area contributed by atoms with Crippen molar-refractivity contribution in [1.29, 1.82) is 0 Å². The number of carbonyl (C=O) groups is 2. The van der Waals surface area contributed by atoms with Crippen LogP contribution < -0.4 is 15.4 Å². The standard InChI is InChI=1S/C22H19ClFN3O4S/c23-19-11-6-16(14-20(19)27-32(30,31)18-9-7-17(24)8-10-18)22(29)26-13-12-25-21(28)15-4-2-1-3-5-15/h1-11,14,27H,12-13H2,(H,25,28)(H,26,29). The first-order valence-corrected chi connectivity index (χ1v) is 11.3. The van der Waals surface area contributed by atoms with Crippen LogP contribution in [0.2, 0.25) is 5.02 Å². The van der Waals surface area contributed by atoms with E-state index in [0.29, 0.717) is 5.56 Å². The summed E-state index contributed by atoms with van der Waals surface area (Å²) < 4.78 is 40.4. The summed E-state index contributed by atoms with van der Waals surface area (Å²) >= 11 is 6.07. The Bertz CT molecular complexity index is 1220.